The van der Waals surface area contributed by atoms with E-state index in [1.807, 2.05) is 23.1 Å². The van der Waals surface area contributed by atoms with Crippen molar-refractivity contribution in [2.24, 2.45) is 5.92 Å². The van der Waals surface area contributed by atoms with Crippen LogP contribution in [0.15, 0.2) is 41.3 Å². The lowest BCUT2D eigenvalue weighted by Crippen LogP contribution is -2.50. The molecule has 0 unspecified atom stereocenters. The van der Waals surface area contributed by atoms with Crippen LogP contribution in [0.4, 0.5) is 5.82 Å². The molecule has 2 saturated heterocycles. The van der Waals surface area contributed by atoms with Crippen LogP contribution in [-0.4, -0.2) is 58.3 Å². The van der Waals surface area contributed by atoms with Gasteiger partial charge < -0.3 is 19.5 Å². The zero-order chi connectivity index (χ0) is 20.7. The maximum Gasteiger partial charge on any atom is 0.255 e. The molecule has 0 radical (unpaired) electrons. The predicted octanol–water partition coefficient (Wildman–Crippen LogP) is 2.03. The Morgan fingerprint density at radius 3 is 2.67 bits per heavy atom. The van der Waals surface area contributed by atoms with E-state index in [2.05, 4.69) is 9.88 Å². The van der Waals surface area contributed by atoms with E-state index in [-0.39, 0.29) is 36.0 Å². The summed E-state index contributed by atoms with van der Waals surface area (Å²) in [4.78, 5) is 33.9. The third-order valence-corrected chi connectivity index (χ3v) is 6.95. The fourth-order valence-corrected chi connectivity index (χ4v) is 5.44. The molecule has 2 aromatic heterocycles. The van der Waals surface area contributed by atoms with Gasteiger partial charge in [-0.25, -0.2) is 4.98 Å². The highest BCUT2D eigenvalue weighted by Crippen LogP contribution is 2.41. The zero-order valence-electron chi connectivity index (χ0n) is 17.1. The van der Waals surface area contributed by atoms with Gasteiger partial charge in [-0.15, -0.1) is 0 Å². The van der Waals surface area contributed by atoms with E-state index in [0.717, 1.165) is 57.0 Å². The molecule has 3 aliphatic rings. The summed E-state index contributed by atoms with van der Waals surface area (Å²) in [5.74, 6) is 1.34. The number of piperidine rings is 2. The van der Waals surface area contributed by atoms with Gasteiger partial charge in [0.2, 0.25) is 0 Å². The Bertz CT molecular complexity index is 981. The quantitative estimate of drug-likeness (QED) is 0.841. The van der Waals surface area contributed by atoms with Gasteiger partial charge in [0.25, 0.3) is 11.5 Å². The van der Waals surface area contributed by atoms with E-state index in [9.17, 15) is 14.7 Å². The Balaban J connectivity index is 1.37. The van der Waals surface area contributed by atoms with Gasteiger partial charge in [-0.1, -0.05) is 6.07 Å². The Kier molecular flexibility index (Phi) is 5.06. The van der Waals surface area contributed by atoms with Crippen LogP contribution >= 0.6 is 0 Å². The minimum Gasteiger partial charge on any atom is -0.394 e. The fraction of sp³-hybridized carbons (Fsp3) is 0.522. The number of pyridine rings is 2. The maximum atomic E-state index is 12.7. The van der Waals surface area contributed by atoms with E-state index in [1.165, 1.54) is 6.42 Å². The number of aromatic nitrogens is 2. The minimum atomic E-state index is -0.201. The number of nitrogens with zero attached hydrogens (tertiary/aromatic N) is 4. The van der Waals surface area contributed by atoms with Crippen LogP contribution in [0.25, 0.3) is 0 Å². The molecule has 1 amide bonds. The average molecular weight is 409 g/mol. The normalized spacial score (nSPS) is 25.7. The van der Waals surface area contributed by atoms with Gasteiger partial charge in [0.1, 0.15) is 5.82 Å². The summed E-state index contributed by atoms with van der Waals surface area (Å²) in [6.45, 7) is 3.15. The molecule has 1 N–H and O–H groups in total. The number of aliphatic hydroxyl groups is 1. The van der Waals surface area contributed by atoms with E-state index in [0.29, 0.717) is 5.56 Å². The number of aliphatic hydroxyl groups excluding tert-OH is 1. The first kappa shape index (κ1) is 19.3. The van der Waals surface area contributed by atoms with Gasteiger partial charge in [-0.3, -0.25) is 9.59 Å². The summed E-state index contributed by atoms with van der Waals surface area (Å²) >= 11 is 0. The number of likely N-dealkylation sites (tertiary alicyclic amines) is 1. The van der Waals surface area contributed by atoms with E-state index in [4.69, 9.17) is 0 Å². The molecule has 2 aromatic rings. The molecular weight excluding hydrogens is 380 g/mol. The minimum absolute atomic E-state index is 0.0339. The van der Waals surface area contributed by atoms with Crippen molar-refractivity contribution in [1.82, 2.24) is 14.5 Å². The first-order chi connectivity index (χ1) is 14.7. The fourth-order valence-electron chi connectivity index (χ4n) is 5.44. The third-order valence-electron chi connectivity index (χ3n) is 6.95. The molecule has 5 heterocycles. The molecule has 158 valence electrons. The van der Waals surface area contributed by atoms with Crippen molar-refractivity contribution in [3.05, 3.63) is 58.1 Å². The molecule has 3 atom stereocenters. The highest BCUT2D eigenvalue weighted by Gasteiger charge is 2.40. The van der Waals surface area contributed by atoms with Crippen LogP contribution in [0.1, 0.15) is 53.7 Å². The summed E-state index contributed by atoms with van der Waals surface area (Å²) in [5, 5.41) is 10.0. The van der Waals surface area contributed by atoms with Crippen molar-refractivity contribution >= 4 is 11.7 Å². The summed E-state index contributed by atoms with van der Waals surface area (Å²) in [6.07, 6.45) is 6.01. The average Bonchev–Trinajstić information content (AvgIpc) is 2.80. The smallest absolute Gasteiger partial charge is 0.255 e. The van der Waals surface area contributed by atoms with Crippen molar-refractivity contribution in [2.75, 3.05) is 37.7 Å². The van der Waals surface area contributed by atoms with E-state index < -0.39 is 0 Å². The van der Waals surface area contributed by atoms with Crippen LogP contribution in [0, 0.1) is 5.92 Å². The predicted molar refractivity (Wildman–Crippen MR) is 114 cm³/mol. The molecule has 5 rings (SSSR count). The largest absolute Gasteiger partial charge is 0.394 e. The number of carbonyl (C=O) groups excluding carboxylic acids is 1. The van der Waals surface area contributed by atoms with Crippen molar-refractivity contribution < 1.29 is 9.90 Å². The molecule has 2 bridgehead atoms. The molecule has 0 saturated carbocycles. The standard InChI is InChI=1S/C23H28N4O3/c28-15-20-18-11-17(19-5-4-6-22(29)27(19)20)13-26(14-18)21-8-7-16(12-24-21)23(30)25-9-2-1-3-10-25/h4-8,12,17-18,20,28H,1-3,9-11,13-15H2/t17-,18+,20+/m1/s1. The lowest BCUT2D eigenvalue weighted by Gasteiger charge is -2.46. The monoisotopic (exact) mass is 408 g/mol. The number of anilines is 1. The van der Waals surface area contributed by atoms with Gasteiger partial charge in [-0.05, 0) is 43.9 Å². The third kappa shape index (κ3) is 3.31. The van der Waals surface area contributed by atoms with Crippen LogP contribution < -0.4 is 10.5 Å². The SMILES string of the molecule is O=C(c1ccc(N2C[C@H]3C[C@@H](C2)[C@H](CO)n2c3cccc2=O)nc1)N1CCCCC1. The van der Waals surface area contributed by atoms with Crippen molar-refractivity contribution in [1.29, 1.82) is 0 Å². The van der Waals surface area contributed by atoms with Crippen LogP contribution in [0.2, 0.25) is 0 Å². The number of hydrogen-bond donors (Lipinski definition) is 1. The molecule has 0 aromatic carbocycles. The lowest BCUT2D eigenvalue weighted by molar-refractivity contribution is 0.0724. The molecule has 7 nitrogen and oxygen atoms in total. The Hall–Kier alpha value is -2.67. The number of fused-ring (bicyclic) bond motifs is 4. The highest BCUT2D eigenvalue weighted by atomic mass is 16.3. The maximum absolute atomic E-state index is 12.7. The number of hydrogen-bond acceptors (Lipinski definition) is 5. The van der Waals surface area contributed by atoms with Crippen molar-refractivity contribution in [3.63, 3.8) is 0 Å². The second-order valence-corrected chi connectivity index (χ2v) is 8.76. The number of carbonyl (C=O) groups is 1. The van der Waals surface area contributed by atoms with Gasteiger partial charge >= 0.3 is 0 Å². The first-order valence-corrected chi connectivity index (χ1v) is 11.0. The number of amides is 1. The lowest BCUT2D eigenvalue weighted by atomic mass is 9.78. The second kappa shape index (κ2) is 7.87. The molecule has 0 spiro atoms. The summed E-state index contributed by atoms with van der Waals surface area (Å²) in [5.41, 5.74) is 1.61. The van der Waals surface area contributed by atoms with Gasteiger partial charge in [0.15, 0.2) is 0 Å². The van der Waals surface area contributed by atoms with Crippen molar-refractivity contribution in [2.45, 2.75) is 37.6 Å². The summed E-state index contributed by atoms with van der Waals surface area (Å²) in [6, 6.07) is 9.00. The van der Waals surface area contributed by atoms with Gasteiger partial charge in [0, 0.05) is 56.0 Å². The molecule has 3 aliphatic heterocycles. The van der Waals surface area contributed by atoms with Gasteiger partial charge in [-0.2, -0.15) is 0 Å². The zero-order valence-corrected chi connectivity index (χ0v) is 17.1. The second-order valence-electron chi connectivity index (χ2n) is 8.76. The Labute approximate surface area is 176 Å². The molecule has 2 fully saturated rings. The Morgan fingerprint density at radius 2 is 1.93 bits per heavy atom. The Morgan fingerprint density at radius 1 is 1.10 bits per heavy atom. The topological polar surface area (TPSA) is 78.7 Å². The first-order valence-electron chi connectivity index (χ1n) is 11.0. The molecule has 30 heavy (non-hydrogen) atoms. The van der Waals surface area contributed by atoms with Crippen LogP contribution in [-0.2, 0) is 0 Å². The van der Waals surface area contributed by atoms with E-state index in [1.54, 1.807) is 22.9 Å². The van der Waals surface area contributed by atoms with Gasteiger partial charge in [0.05, 0.1) is 18.2 Å². The van der Waals surface area contributed by atoms with Crippen molar-refractivity contribution in [3.8, 4) is 0 Å². The van der Waals surface area contributed by atoms with E-state index >= 15 is 0 Å². The molecule has 7 heteroatoms. The molecular formula is C23H28N4O3. The number of rotatable bonds is 3. The summed E-state index contributed by atoms with van der Waals surface area (Å²) in [7, 11) is 0. The van der Waals surface area contributed by atoms with Crippen LogP contribution in [0.5, 0.6) is 0 Å². The summed E-state index contributed by atoms with van der Waals surface area (Å²) < 4.78 is 1.80. The van der Waals surface area contributed by atoms with Crippen LogP contribution in [0.3, 0.4) is 0 Å². The molecule has 0 aliphatic carbocycles. The highest BCUT2D eigenvalue weighted by molar-refractivity contribution is 5.94.